The number of hydrogen-bond donors (Lipinski definition) is 2. The van der Waals surface area contributed by atoms with Gasteiger partial charge in [0.2, 0.25) is 5.91 Å². The number of carbonyl (C=O) groups excluding carboxylic acids is 1. The fourth-order valence-electron chi connectivity index (χ4n) is 2.55. The normalized spacial score (nSPS) is 26.2. The number of aliphatic hydroxyl groups is 1. The van der Waals surface area contributed by atoms with Crippen molar-refractivity contribution in [3.8, 4) is 0 Å². The predicted molar refractivity (Wildman–Crippen MR) is 68.7 cm³/mol. The van der Waals surface area contributed by atoms with E-state index in [-0.39, 0.29) is 24.6 Å². The fourth-order valence-corrected chi connectivity index (χ4v) is 2.55. The summed E-state index contributed by atoms with van der Waals surface area (Å²) >= 11 is 0. The van der Waals surface area contributed by atoms with Gasteiger partial charge in [-0.2, -0.15) is 0 Å². The zero-order chi connectivity index (χ0) is 12.8. The SMILES string of the molecule is CC(C)NC(=O)CCN1CCCC(C)C1CO. The molecule has 2 atom stereocenters. The molecule has 100 valence electrons. The average molecular weight is 242 g/mol. The van der Waals surface area contributed by atoms with Crippen LogP contribution in [0.25, 0.3) is 0 Å². The van der Waals surface area contributed by atoms with Gasteiger partial charge in [-0.05, 0) is 39.2 Å². The fraction of sp³-hybridized carbons (Fsp3) is 0.923. The van der Waals surface area contributed by atoms with Crippen LogP contribution in [0.2, 0.25) is 0 Å². The molecule has 2 unspecified atom stereocenters. The van der Waals surface area contributed by atoms with E-state index in [2.05, 4.69) is 17.1 Å². The Bertz CT molecular complexity index is 244. The van der Waals surface area contributed by atoms with Crippen LogP contribution in [0.3, 0.4) is 0 Å². The molecular formula is C13H26N2O2. The van der Waals surface area contributed by atoms with Crippen LogP contribution in [0.4, 0.5) is 0 Å². The summed E-state index contributed by atoms with van der Waals surface area (Å²) < 4.78 is 0. The molecule has 17 heavy (non-hydrogen) atoms. The van der Waals surface area contributed by atoms with Crippen molar-refractivity contribution in [3.63, 3.8) is 0 Å². The van der Waals surface area contributed by atoms with E-state index in [0.29, 0.717) is 12.3 Å². The van der Waals surface area contributed by atoms with Crippen molar-refractivity contribution in [2.24, 2.45) is 5.92 Å². The lowest BCUT2D eigenvalue weighted by molar-refractivity contribution is -0.122. The lowest BCUT2D eigenvalue weighted by atomic mass is 9.91. The summed E-state index contributed by atoms with van der Waals surface area (Å²) in [4.78, 5) is 13.8. The van der Waals surface area contributed by atoms with Crippen LogP contribution in [0, 0.1) is 5.92 Å². The Morgan fingerprint density at radius 1 is 1.53 bits per heavy atom. The Morgan fingerprint density at radius 2 is 2.24 bits per heavy atom. The summed E-state index contributed by atoms with van der Waals surface area (Å²) in [5, 5.41) is 12.3. The Hall–Kier alpha value is -0.610. The van der Waals surface area contributed by atoms with Gasteiger partial charge in [0.15, 0.2) is 0 Å². The topological polar surface area (TPSA) is 52.6 Å². The van der Waals surface area contributed by atoms with Gasteiger partial charge in [0.05, 0.1) is 6.61 Å². The quantitative estimate of drug-likeness (QED) is 0.756. The van der Waals surface area contributed by atoms with Crippen molar-refractivity contribution in [1.29, 1.82) is 0 Å². The maximum atomic E-state index is 11.6. The van der Waals surface area contributed by atoms with Gasteiger partial charge in [-0.3, -0.25) is 9.69 Å². The van der Waals surface area contributed by atoms with E-state index in [1.165, 1.54) is 12.8 Å². The maximum Gasteiger partial charge on any atom is 0.221 e. The first-order valence-electron chi connectivity index (χ1n) is 6.69. The monoisotopic (exact) mass is 242 g/mol. The number of aliphatic hydroxyl groups excluding tert-OH is 1. The van der Waals surface area contributed by atoms with Gasteiger partial charge in [0.1, 0.15) is 0 Å². The molecule has 1 aliphatic rings. The summed E-state index contributed by atoms with van der Waals surface area (Å²) in [5.74, 6) is 0.636. The molecule has 1 fully saturated rings. The number of hydrogen-bond acceptors (Lipinski definition) is 3. The van der Waals surface area contributed by atoms with Gasteiger partial charge in [-0.25, -0.2) is 0 Å². The lowest BCUT2D eigenvalue weighted by Crippen LogP contribution is -2.47. The second kappa shape index (κ2) is 6.97. The summed E-state index contributed by atoms with van der Waals surface area (Å²) in [6.45, 7) is 8.08. The summed E-state index contributed by atoms with van der Waals surface area (Å²) in [6.07, 6.45) is 2.88. The summed E-state index contributed by atoms with van der Waals surface area (Å²) in [7, 11) is 0. The van der Waals surface area contributed by atoms with Gasteiger partial charge in [-0.1, -0.05) is 6.92 Å². The molecule has 0 aromatic heterocycles. The van der Waals surface area contributed by atoms with Crippen molar-refractivity contribution in [2.45, 2.75) is 52.1 Å². The molecular weight excluding hydrogens is 216 g/mol. The lowest BCUT2D eigenvalue weighted by Gasteiger charge is -2.38. The van der Waals surface area contributed by atoms with E-state index in [0.717, 1.165) is 13.1 Å². The molecule has 4 heteroatoms. The van der Waals surface area contributed by atoms with Crippen LogP contribution in [0.1, 0.15) is 40.0 Å². The molecule has 1 aliphatic heterocycles. The average Bonchev–Trinajstić information content (AvgIpc) is 2.25. The highest BCUT2D eigenvalue weighted by Crippen LogP contribution is 2.22. The van der Waals surface area contributed by atoms with E-state index >= 15 is 0 Å². The number of nitrogens with one attached hydrogen (secondary N) is 1. The molecule has 1 amide bonds. The highest BCUT2D eigenvalue weighted by Gasteiger charge is 2.27. The van der Waals surface area contributed by atoms with E-state index in [9.17, 15) is 9.90 Å². The number of carbonyl (C=O) groups is 1. The third-order valence-corrected chi connectivity index (χ3v) is 3.49. The van der Waals surface area contributed by atoms with Crippen LogP contribution >= 0.6 is 0 Å². The molecule has 1 rings (SSSR count). The van der Waals surface area contributed by atoms with Gasteiger partial charge in [-0.15, -0.1) is 0 Å². The first-order chi connectivity index (χ1) is 8.04. The number of piperidine rings is 1. The number of amides is 1. The Labute approximate surface area is 104 Å². The highest BCUT2D eigenvalue weighted by atomic mass is 16.3. The number of rotatable bonds is 5. The third-order valence-electron chi connectivity index (χ3n) is 3.49. The largest absolute Gasteiger partial charge is 0.395 e. The smallest absolute Gasteiger partial charge is 0.221 e. The van der Waals surface area contributed by atoms with Crippen LogP contribution < -0.4 is 5.32 Å². The van der Waals surface area contributed by atoms with Crippen molar-refractivity contribution in [3.05, 3.63) is 0 Å². The highest BCUT2D eigenvalue weighted by molar-refractivity contribution is 5.76. The molecule has 0 aliphatic carbocycles. The standard InChI is InChI=1S/C13H26N2O2/c1-10(2)14-13(17)6-8-15-7-4-5-11(3)12(15)9-16/h10-12,16H,4-9H2,1-3H3,(H,14,17). The number of nitrogens with zero attached hydrogens (tertiary/aromatic N) is 1. The minimum absolute atomic E-state index is 0.106. The van der Waals surface area contributed by atoms with Crippen molar-refractivity contribution < 1.29 is 9.90 Å². The minimum Gasteiger partial charge on any atom is -0.395 e. The van der Waals surface area contributed by atoms with Gasteiger partial charge < -0.3 is 10.4 Å². The van der Waals surface area contributed by atoms with Crippen LogP contribution in [-0.2, 0) is 4.79 Å². The van der Waals surface area contributed by atoms with Crippen molar-refractivity contribution >= 4 is 5.91 Å². The molecule has 2 N–H and O–H groups in total. The van der Waals surface area contributed by atoms with Crippen LogP contribution in [0.15, 0.2) is 0 Å². The first-order valence-corrected chi connectivity index (χ1v) is 6.69. The maximum absolute atomic E-state index is 11.6. The molecule has 0 bridgehead atoms. The zero-order valence-corrected chi connectivity index (χ0v) is 11.3. The molecule has 0 radical (unpaired) electrons. The Kier molecular flexibility index (Phi) is 5.92. The second-order valence-electron chi connectivity index (χ2n) is 5.38. The Morgan fingerprint density at radius 3 is 2.82 bits per heavy atom. The minimum atomic E-state index is 0.106. The van der Waals surface area contributed by atoms with Crippen molar-refractivity contribution in [2.75, 3.05) is 19.7 Å². The Balaban J connectivity index is 2.36. The number of likely N-dealkylation sites (tertiary alicyclic amines) is 1. The molecule has 1 saturated heterocycles. The van der Waals surface area contributed by atoms with E-state index in [4.69, 9.17) is 0 Å². The van der Waals surface area contributed by atoms with E-state index in [1.54, 1.807) is 0 Å². The van der Waals surface area contributed by atoms with E-state index < -0.39 is 0 Å². The zero-order valence-electron chi connectivity index (χ0n) is 11.3. The van der Waals surface area contributed by atoms with Gasteiger partial charge in [0.25, 0.3) is 0 Å². The molecule has 0 spiro atoms. The first kappa shape index (κ1) is 14.5. The molecule has 0 aromatic rings. The van der Waals surface area contributed by atoms with Gasteiger partial charge in [0, 0.05) is 25.0 Å². The molecule has 0 saturated carbocycles. The van der Waals surface area contributed by atoms with Crippen molar-refractivity contribution in [1.82, 2.24) is 10.2 Å². The van der Waals surface area contributed by atoms with Gasteiger partial charge >= 0.3 is 0 Å². The molecule has 0 aromatic carbocycles. The van der Waals surface area contributed by atoms with Crippen LogP contribution in [-0.4, -0.2) is 47.7 Å². The summed E-state index contributed by atoms with van der Waals surface area (Å²) in [6, 6.07) is 0.437. The third kappa shape index (κ3) is 4.64. The predicted octanol–water partition coefficient (Wildman–Crippen LogP) is 0.994. The second-order valence-corrected chi connectivity index (χ2v) is 5.38. The van der Waals surface area contributed by atoms with E-state index in [1.807, 2.05) is 13.8 Å². The van der Waals surface area contributed by atoms with Crippen LogP contribution in [0.5, 0.6) is 0 Å². The summed E-state index contributed by atoms with van der Waals surface area (Å²) in [5.41, 5.74) is 0. The molecule has 1 heterocycles. The molecule has 4 nitrogen and oxygen atoms in total.